The van der Waals surface area contributed by atoms with Crippen LogP contribution >= 0.6 is 0 Å². The van der Waals surface area contributed by atoms with Crippen molar-refractivity contribution in [3.63, 3.8) is 0 Å². The summed E-state index contributed by atoms with van der Waals surface area (Å²) in [5.41, 5.74) is 1.79. The Morgan fingerprint density at radius 2 is 1.94 bits per heavy atom. The molecule has 2 aromatic rings. The van der Waals surface area contributed by atoms with Crippen LogP contribution in [0.1, 0.15) is 12.0 Å². The third-order valence-corrected chi connectivity index (χ3v) is 2.71. The molecule has 0 unspecified atom stereocenters. The van der Waals surface area contributed by atoms with Crippen molar-refractivity contribution >= 4 is 16.5 Å². The van der Waals surface area contributed by atoms with E-state index in [0.29, 0.717) is 0 Å². The van der Waals surface area contributed by atoms with Gasteiger partial charge in [0.25, 0.3) is 0 Å². The molecule has 0 atom stereocenters. The van der Waals surface area contributed by atoms with Crippen molar-refractivity contribution in [2.24, 2.45) is 0 Å². The lowest BCUT2D eigenvalue weighted by molar-refractivity contribution is 1.07. The monoisotopic (exact) mass is 222 g/mol. The van der Waals surface area contributed by atoms with Crippen molar-refractivity contribution < 1.29 is 0 Å². The summed E-state index contributed by atoms with van der Waals surface area (Å²) in [4.78, 5) is 0. The van der Waals surface area contributed by atoms with Crippen LogP contribution in [-0.2, 0) is 0 Å². The topological polar surface area (TPSA) is 35.8 Å². The number of hydrogen-bond acceptors (Lipinski definition) is 2. The summed E-state index contributed by atoms with van der Waals surface area (Å²) >= 11 is 0. The fourth-order valence-electron chi connectivity index (χ4n) is 1.86. The largest absolute Gasteiger partial charge is 0.384 e. The van der Waals surface area contributed by atoms with E-state index in [-0.39, 0.29) is 0 Å². The molecule has 2 heteroatoms. The first-order valence-electron chi connectivity index (χ1n) is 5.63. The molecule has 0 aliphatic carbocycles. The highest BCUT2D eigenvalue weighted by molar-refractivity contribution is 5.97. The van der Waals surface area contributed by atoms with Gasteiger partial charge in [0.05, 0.1) is 11.6 Å². The Labute approximate surface area is 101 Å². The molecule has 0 radical (unpaired) electrons. The van der Waals surface area contributed by atoms with Gasteiger partial charge >= 0.3 is 0 Å². The first-order valence-corrected chi connectivity index (χ1v) is 5.63. The molecule has 84 valence electrons. The summed E-state index contributed by atoms with van der Waals surface area (Å²) < 4.78 is 0. The first-order chi connectivity index (χ1) is 8.36. The van der Waals surface area contributed by atoms with E-state index in [1.807, 2.05) is 42.5 Å². The quantitative estimate of drug-likeness (QED) is 0.632. The average Bonchev–Trinajstić information content (AvgIpc) is 2.39. The van der Waals surface area contributed by atoms with Crippen LogP contribution < -0.4 is 5.32 Å². The Bertz CT molecular complexity index is 579. The second kappa shape index (κ2) is 5.18. The van der Waals surface area contributed by atoms with Crippen molar-refractivity contribution in [1.82, 2.24) is 0 Å². The third kappa shape index (κ3) is 2.29. The van der Waals surface area contributed by atoms with Crippen LogP contribution in [0.3, 0.4) is 0 Å². The van der Waals surface area contributed by atoms with E-state index < -0.39 is 0 Å². The Morgan fingerprint density at radius 3 is 2.65 bits per heavy atom. The smallest absolute Gasteiger partial charge is 0.0998 e. The standard InChI is InChI=1S/C15H14N2/c1-2-3-10-17-15-9-8-12(11-16)13-6-4-5-7-14(13)15/h2,4-9,17H,1,3,10H2. The molecule has 2 aromatic carbocycles. The fourth-order valence-corrected chi connectivity index (χ4v) is 1.86. The minimum Gasteiger partial charge on any atom is -0.384 e. The van der Waals surface area contributed by atoms with Crippen LogP contribution in [0.2, 0.25) is 0 Å². The molecule has 0 aromatic heterocycles. The lowest BCUT2D eigenvalue weighted by Gasteiger charge is -2.09. The van der Waals surface area contributed by atoms with Gasteiger partial charge in [-0.2, -0.15) is 5.26 Å². The van der Waals surface area contributed by atoms with Gasteiger partial charge in [-0.05, 0) is 18.6 Å². The van der Waals surface area contributed by atoms with Gasteiger partial charge in [-0.25, -0.2) is 0 Å². The molecule has 1 N–H and O–H groups in total. The molecule has 0 fully saturated rings. The van der Waals surface area contributed by atoms with Crippen molar-refractivity contribution in [2.45, 2.75) is 6.42 Å². The Balaban J connectivity index is 2.44. The molecule has 0 saturated heterocycles. The lowest BCUT2D eigenvalue weighted by atomic mass is 10.0. The minimum absolute atomic E-state index is 0.717. The van der Waals surface area contributed by atoms with Gasteiger partial charge in [0.15, 0.2) is 0 Å². The van der Waals surface area contributed by atoms with Gasteiger partial charge < -0.3 is 5.32 Å². The fraction of sp³-hybridized carbons (Fsp3) is 0.133. The summed E-state index contributed by atoms with van der Waals surface area (Å²) in [6.07, 6.45) is 2.81. The molecule has 0 heterocycles. The number of anilines is 1. The van der Waals surface area contributed by atoms with Crippen molar-refractivity contribution in [1.29, 1.82) is 5.26 Å². The molecule has 0 saturated carbocycles. The minimum atomic E-state index is 0.717. The lowest BCUT2D eigenvalue weighted by Crippen LogP contribution is -2.00. The molecule has 2 rings (SSSR count). The third-order valence-electron chi connectivity index (χ3n) is 2.71. The molecule has 17 heavy (non-hydrogen) atoms. The van der Waals surface area contributed by atoms with Crippen molar-refractivity contribution in [3.8, 4) is 6.07 Å². The zero-order valence-electron chi connectivity index (χ0n) is 9.61. The second-order valence-electron chi connectivity index (χ2n) is 3.82. The molecule has 2 nitrogen and oxygen atoms in total. The molecular weight excluding hydrogens is 208 g/mol. The first kappa shape index (κ1) is 11.2. The maximum absolute atomic E-state index is 9.06. The summed E-state index contributed by atoms with van der Waals surface area (Å²) in [5, 5.41) is 14.5. The zero-order valence-corrected chi connectivity index (χ0v) is 9.61. The highest BCUT2D eigenvalue weighted by atomic mass is 14.9. The number of fused-ring (bicyclic) bond motifs is 1. The summed E-state index contributed by atoms with van der Waals surface area (Å²) in [6, 6.07) is 14.0. The summed E-state index contributed by atoms with van der Waals surface area (Å²) in [6.45, 7) is 4.56. The number of nitriles is 1. The highest BCUT2D eigenvalue weighted by Gasteiger charge is 2.04. The maximum Gasteiger partial charge on any atom is 0.0998 e. The molecule has 0 aliphatic heterocycles. The van der Waals surface area contributed by atoms with Gasteiger partial charge in [0.2, 0.25) is 0 Å². The van der Waals surface area contributed by atoms with Gasteiger partial charge in [0, 0.05) is 23.0 Å². The van der Waals surface area contributed by atoms with E-state index in [1.165, 1.54) is 0 Å². The van der Waals surface area contributed by atoms with Gasteiger partial charge in [-0.15, -0.1) is 6.58 Å². The molecule has 0 aliphatic rings. The van der Waals surface area contributed by atoms with Gasteiger partial charge in [-0.3, -0.25) is 0 Å². The van der Waals surface area contributed by atoms with Crippen LogP contribution in [0.15, 0.2) is 49.1 Å². The number of benzene rings is 2. The van der Waals surface area contributed by atoms with Crippen molar-refractivity contribution in [3.05, 3.63) is 54.6 Å². The number of nitrogens with zero attached hydrogens (tertiary/aromatic N) is 1. The predicted octanol–water partition coefficient (Wildman–Crippen LogP) is 3.70. The normalized spacial score (nSPS) is 9.82. The molecule has 0 bridgehead atoms. The van der Waals surface area contributed by atoms with E-state index in [9.17, 15) is 0 Å². The second-order valence-corrected chi connectivity index (χ2v) is 3.82. The van der Waals surface area contributed by atoms with Crippen LogP contribution in [0, 0.1) is 11.3 Å². The van der Waals surface area contributed by atoms with Gasteiger partial charge in [0.1, 0.15) is 0 Å². The highest BCUT2D eigenvalue weighted by Crippen LogP contribution is 2.26. The van der Waals surface area contributed by atoms with Crippen LogP contribution in [-0.4, -0.2) is 6.54 Å². The Hall–Kier alpha value is -2.27. The van der Waals surface area contributed by atoms with Crippen LogP contribution in [0.5, 0.6) is 0 Å². The van der Waals surface area contributed by atoms with E-state index in [0.717, 1.165) is 35.0 Å². The molecular formula is C15H14N2. The van der Waals surface area contributed by atoms with Gasteiger partial charge in [-0.1, -0.05) is 30.3 Å². The Kier molecular flexibility index (Phi) is 3.42. The summed E-state index contributed by atoms with van der Waals surface area (Å²) in [5.74, 6) is 0. The van der Waals surface area contributed by atoms with Crippen molar-refractivity contribution in [2.75, 3.05) is 11.9 Å². The molecule has 0 amide bonds. The van der Waals surface area contributed by atoms with E-state index in [1.54, 1.807) is 0 Å². The van der Waals surface area contributed by atoms with Crippen LogP contribution in [0.25, 0.3) is 10.8 Å². The SMILES string of the molecule is C=CCCNc1ccc(C#N)c2ccccc12. The van der Waals surface area contributed by atoms with E-state index >= 15 is 0 Å². The Morgan fingerprint density at radius 1 is 1.18 bits per heavy atom. The molecule has 0 spiro atoms. The predicted molar refractivity (Wildman–Crippen MR) is 72.0 cm³/mol. The number of nitrogens with one attached hydrogen (secondary N) is 1. The maximum atomic E-state index is 9.06. The zero-order chi connectivity index (χ0) is 12.1. The van der Waals surface area contributed by atoms with E-state index in [4.69, 9.17) is 5.26 Å². The average molecular weight is 222 g/mol. The number of rotatable bonds is 4. The van der Waals surface area contributed by atoms with E-state index in [2.05, 4.69) is 18.0 Å². The summed E-state index contributed by atoms with van der Waals surface area (Å²) in [7, 11) is 0. The van der Waals surface area contributed by atoms with Crippen LogP contribution in [0.4, 0.5) is 5.69 Å². The number of hydrogen-bond donors (Lipinski definition) is 1.